The minimum atomic E-state index is -0.185. The zero-order chi connectivity index (χ0) is 12.3. The highest BCUT2D eigenvalue weighted by Gasteiger charge is 2.21. The monoisotopic (exact) mass is 235 g/mol. The Kier molecular flexibility index (Phi) is 3.37. The fraction of sp³-hybridized carbons (Fsp3) is 0.417. The molecule has 1 atom stereocenters. The molecule has 0 aromatic heterocycles. The maximum Gasteiger partial charge on any atom is 0.242 e. The van der Waals surface area contributed by atoms with E-state index in [1.165, 1.54) is 0 Å². The van der Waals surface area contributed by atoms with Crippen molar-refractivity contribution in [2.45, 2.75) is 18.9 Å². The minimum Gasteiger partial charge on any atom is -0.497 e. The molecule has 1 saturated heterocycles. The van der Waals surface area contributed by atoms with Gasteiger partial charge in [-0.2, -0.15) is 0 Å². The molecule has 0 saturated carbocycles. The van der Waals surface area contributed by atoms with Crippen LogP contribution in [0.1, 0.15) is 12.8 Å². The van der Waals surface area contributed by atoms with E-state index in [0.717, 1.165) is 25.1 Å². The highest BCUT2D eigenvalue weighted by molar-refractivity contribution is 5.85. The zero-order valence-corrected chi connectivity index (χ0v) is 9.82. The molecular weight excluding hydrogens is 218 g/mol. The lowest BCUT2D eigenvalue weighted by molar-refractivity contribution is -0.123. The van der Waals surface area contributed by atoms with Gasteiger partial charge in [-0.15, -0.1) is 0 Å². The Balaban J connectivity index is 2.11. The van der Waals surface area contributed by atoms with Crippen molar-refractivity contribution in [2.75, 3.05) is 24.7 Å². The van der Waals surface area contributed by atoms with Crippen molar-refractivity contribution >= 4 is 17.3 Å². The van der Waals surface area contributed by atoms with Gasteiger partial charge in [0.25, 0.3) is 0 Å². The number of nitrogens with one attached hydrogen (secondary N) is 2. The molecule has 17 heavy (non-hydrogen) atoms. The van der Waals surface area contributed by atoms with E-state index >= 15 is 0 Å². The molecule has 1 amide bonds. The molecule has 0 aliphatic carbocycles. The highest BCUT2D eigenvalue weighted by Crippen LogP contribution is 2.23. The second-order valence-electron chi connectivity index (χ2n) is 4.13. The number of anilines is 2. The van der Waals surface area contributed by atoms with Gasteiger partial charge in [-0.05, 0) is 18.9 Å². The van der Waals surface area contributed by atoms with E-state index < -0.39 is 0 Å². The van der Waals surface area contributed by atoms with Crippen LogP contribution in [0.3, 0.4) is 0 Å². The standard InChI is InChI=1S/C12H17N3O2/c1-17-10-6-8(13)5-9(7-10)15-11-3-2-4-14-12(11)16/h5-7,11,15H,2-4,13H2,1H3,(H,14,16). The molecule has 1 unspecified atom stereocenters. The van der Waals surface area contributed by atoms with Gasteiger partial charge < -0.3 is 21.1 Å². The summed E-state index contributed by atoms with van der Waals surface area (Å²) in [6.07, 6.45) is 1.83. The van der Waals surface area contributed by atoms with Crippen LogP contribution in [0.25, 0.3) is 0 Å². The van der Waals surface area contributed by atoms with Crippen LogP contribution in [0.4, 0.5) is 11.4 Å². The Bertz CT molecular complexity index is 420. The lowest BCUT2D eigenvalue weighted by Gasteiger charge is -2.24. The predicted molar refractivity (Wildman–Crippen MR) is 67.1 cm³/mol. The first kappa shape index (κ1) is 11.6. The van der Waals surface area contributed by atoms with Crippen molar-refractivity contribution in [3.63, 3.8) is 0 Å². The van der Waals surface area contributed by atoms with Crippen LogP contribution in [-0.2, 0) is 4.79 Å². The first-order chi connectivity index (χ1) is 8.19. The number of rotatable bonds is 3. The van der Waals surface area contributed by atoms with Gasteiger partial charge in [-0.1, -0.05) is 0 Å². The SMILES string of the molecule is COc1cc(N)cc(NC2CCCNC2=O)c1. The molecule has 92 valence electrons. The van der Waals surface area contributed by atoms with Crippen LogP contribution >= 0.6 is 0 Å². The number of hydrogen-bond acceptors (Lipinski definition) is 4. The molecule has 0 spiro atoms. The molecule has 5 heteroatoms. The molecule has 4 N–H and O–H groups in total. The summed E-state index contributed by atoms with van der Waals surface area (Å²) in [7, 11) is 1.59. The summed E-state index contributed by atoms with van der Waals surface area (Å²) < 4.78 is 5.13. The number of methoxy groups -OCH3 is 1. The third kappa shape index (κ3) is 2.81. The van der Waals surface area contributed by atoms with E-state index in [1.54, 1.807) is 19.2 Å². The lowest BCUT2D eigenvalue weighted by atomic mass is 10.1. The van der Waals surface area contributed by atoms with Gasteiger partial charge in [0, 0.05) is 30.1 Å². The van der Waals surface area contributed by atoms with Crippen molar-refractivity contribution in [3.8, 4) is 5.75 Å². The zero-order valence-electron chi connectivity index (χ0n) is 9.82. The van der Waals surface area contributed by atoms with Crippen molar-refractivity contribution in [1.82, 2.24) is 5.32 Å². The van der Waals surface area contributed by atoms with Gasteiger partial charge in [0.2, 0.25) is 5.91 Å². The Hall–Kier alpha value is -1.91. The smallest absolute Gasteiger partial charge is 0.242 e. The molecule has 0 radical (unpaired) electrons. The number of nitrogens with two attached hydrogens (primary N) is 1. The maximum absolute atomic E-state index is 11.6. The second kappa shape index (κ2) is 4.95. The highest BCUT2D eigenvalue weighted by atomic mass is 16.5. The normalized spacial score (nSPS) is 19.6. The summed E-state index contributed by atoms with van der Waals surface area (Å²) in [5, 5.41) is 6.01. The van der Waals surface area contributed by atoms with Gasteiger partial charge in [-0.3, -0.25) is 4.79 Å². The average Bonchev–Trinajstić information content (AvgIpc) is 2.31. The molecule has 5 nitrogen and oxygen atoms in total. The van der Waals surface area contributed by atoms with E-state index in [0.29, 0.717) is 11.4 Å². The van der Waals surface area contributed by atoms with Gasteiger partial charge in [0.1, 0.15) is 11.8 Å². The van der Waals surface area contributed by atoms with Gasteiger partial charge in [0.15, 0.2) is 0 Å². The number of amides is 1. The molecule has 1 heterocycles. The molecule has 0 bridgehead atoms. The number of hydrogen-bond donors (Lipinski definition) is 3. The molecule has 2 rings (SSSR count). The first-order valence-electron chi connectivity index (χ1n) is 5.68. The number of piperidine rings is 1. The van der Waals surface area contributed by atoms with Gasteiger partial charge >= 0.3 is 0 Å². The minimum absolute atomic E-state index is 0.0395. The van der Waals surface area contributed by atoms with Crippen molar-refractivity contribution in [1.29, 1.82) is 0 Å². The molecule has 1 fully saturated rings. The topological polar surface area (TPSA) is 76.4 Å². The van der Waals surface area contributed by atoms with Crippen LogP contribution in [0.5, 0.6) is 5.75 Å². The number of benzene rings is 1. The molecule has 1 aliphatic heterocycles. The second-order valence-corrected chi connectivity index (χ2v) is 4.13. The fourth-order valence-electron chi connectivity index (χ4n) is 1.93. The van der Waals surface area contributed by atoms with Crippen molar-refractivity contribution in [3.05, 3.63) is 18.2 Å². The maximum atomic E-state index is 11.6. The summed E-state index contributed by atoms with van der Waals surface area (Å²) in [6.45, 7) is 0.761. The molecular formula is C12H17N3O2. The number of ether oxygens (including phenoxy) is 1. The average molecular weight is 235 g/mol. The van der Waals surface area contributed by atoms with E-state index in [-0.39, 0.29) is 11.9 Å². The lowest BCUT2D eigenvalue weighted by Crippen LogP contribution is -2.44. The van der Waals surface area contributed by atoms with Gasteiger partial charge in [0.05, 0.1) is 7.11 Å². The van der Waals surface area contributed by atoms with Gasteiger partial charge in [-0.25, -0.2) is 0 Å². The van der Waals surface area contributed by atoms with E-state index in [2.05, 4.69) is 10.6 Å². The quantitative estimate of drug-likeness (QED) is 0.682. The first-order valence-corrected chi connectivity index (χ1v) is 5.68. The molecule has 1 aliphatic rings. The Morgan fingerprint density at radius 3 is 3.00 bits per heavy atom. The van der Waals surface area contributed by atoms with E-state index in [4.69, 9.17) is 10.5 Å². The van der Waals surface area contributed by atoms with Crippen LogP contribution in [0.15, 0.2) is 18.2 Å². The summed E-state index contributed by atoms with van der Waals surface area (Å²) in [4.78, 5) is 11.6. The Labute approximate surface area is 100 Å². The molecule has 1 aromatic rings. The van der Waals surface area contributed by atoms with E-state index in [9.17, 15) is 4.79 Å². The van der Waals surface area contributed by atoms with Crippen LogP contribution in [-0.4, -0.2) is 25.6 Å². The van der Waals surface area contributed by atoms with Crippen LogP contribution in [0, 0.1) is 0 Å². The summed E-state index contributed by atoms with van der Waals surface area (Å²) in [6, 6.07) is 5.18. The molecule has 1 aromatic carbocycles. The predicted octanol–water partition coefficient (Wildman–Crippen LogP) is 0.968. The fourth-order valence-corrected chi connectivity index (χ4v) is 1.93. The Morgan fingerprint density at radius 2 is 2.29 bits per heavy atom. The summed E-state index contributed by atoms with van der Waals surface area (Å²) >= 11 is 0. The van der Waals surface area contributed by atoms with E-state index in [1.807, 2.05) is 6.07 Å². The summed E-state index contributed by atoms with van der Waals surface area (Å²) in [5.41, 5.74) is 7.18. The van der Waals surface area contributed by atoms with Crippen LogP contribution < -0.4 is 21.1 Å². The van der Waals surface area contributed by atoms with Crippen LogP contribution in [0.2, 0.25) is 0 Å². The number of nitrogen functional groups attached to an aromatic ring is 1. The largest absolute Gasteiger partial charge is 0.497 e. The third-order valence-electron chi connectivity index (χ3n) is 2.79. The van der Waals surface area contributed by atoms with Crippen molar-refractivity contribution < 1.29 is 9.53 Å². The Morgan fingerprint density at radius 1 is 1.47 bits per heavy atom. The number of carbonyl (C=O) groups is 1. The number of carbonyl (C=O) groups excluding carboxylic acids is 1. The van der Waals surface area contributed by atoms with Crippen molar-refractivity contribution in [2.24, 2.45) is 0 Å². The third-order valence-corrected chi connectivity index (χ3v) is 2.79. The summed E-state index contributed by atoms with van der Waals surface area (Å²) in [5.74, 6) is 0.723.